The lowest BCUT2D eigenvalue weighted by Crippen LogP contribution is -2.49. The van der Waals surface area contributed by atoms with Crippen LogP contribution in [0.4, 0.5) is 10.4 Å². The van der Waals surface area contributed by atoms with Crippen LogP contribution in [0.2, 0.25) is 0 Å². The van der Waals surface area contributed by atoms with Gasteiger partial charge < -0.3 is 24.2 Å². The van der Waals surface area contributed by atoms with Crippen LogP contribution < -0.4 is 9.64 Å². The smallest absolute Gasteiger partial charge is 0.324 e. The van der Waals surface area contributed by atoms with E-state index in [-0.39, 0.29) is 34.9 Å². The Balaban J connectivity index is 1.17. The fourth-order valence-electron chi connectivity index (χ4n) is 5.84. The van der Waals surface area contributed by atoms with Gasteiger partial charge in [-0.3, -0.25) is 9.78 Å². The maximum Gasteiger partial charge on any atom is 0.324 e. The number of fused-ring (bicyclic) bond motifs is 1. The molecule has 3 aliphatic heterocycles. The van der Waals surface area contributed by atoms with Crippen molar-refractivity contribution in [3.05, 3.63) is 53.2 Å². The minimum absolute atomic E-state index is 0.0923. The molecule has 2 saturated heterocycles. The Hall–Kier alpha value is -3.53. The first-order valence-electron chi connectivity index (χ1n) is 13.6. The van der Waals surface area contributed by atoms with E-state index in [4.69, 9.17) is 9.26 Å². The highest BCUT2D eigenvalue weighted by Crippen LogP contribution is 2.50. The highest BCUT2D eigenvalue weighted by molar-refractivity contribution is 5.95. The molecule has 10 heteroatoms. The van der Waals surface area contributed by atoms with Crippen LogP contribution in [0.1, 0.15) is 74.6 Å². The van der Waals surface area contributed by atoms with E-state index in [1.54, 1.807) is 23.2 Å². The standard InChI is InChI=1S/C29H34FN5O4/c1-17-21-14-23(20-6-5-18(13-22(20)30)25(37)35-10-7-19(36)16-35)31-15-24(21)38-29(17)8-11-34(12-9-29)27-32-26(33-39-27)28(2,3)4/h5-6,13-15,17,19,36H,7-12,16H2,1-4H3/t17?,19-/m1/s1. The van der Waals surface area contributed by atoms with Gasteiger partial charge in [-0.05, 0) is 30.7 Å². The average molecular weight is 536 g/mol. The maximum absolute atomic E-state index is 15.2. The van der Waals surface area contributed by atoms with Crippen molar-refractivity contribution < 1.29 is 23.6 Å². The number of hydrogen-bond donors (Lipinski definition) is 1. The van der Waals surface area contributed by atoms with Gasteiger partial charge in [-0.2, -0.15) is 4.98 Å². The number of amides is 1. The second-order valence-electron chi connectivity index (χ2n) is 12.0. The minimum atomic E-state index is -0.520. The van der Waals surface area contributed by atoms with E-state index in [1.807, 2.05) is 6.07 Å². The Morgan fingerprint density at radius 3 is 2.59 bits per heavy atom. The predicted octanol–water partition coefficient (Wildman–Crippen LogP) is 4.31. The van der Waals surface area contributed by atoms with Gasteiger partial charge in [0.2, 0.25) is 0 Å². The predicted molar refractivity (Wildman–Crippen MR) is 142 cm³/mol. The molecule has 2 atom stereocenters. The minimum Gasteiger partial charge on any atom is -0.485 e. The molecule has 1 spiro atoms. The van der Waals surface area contributed by atoms with Crippen LogP contribution in [0.3, 0.4) is 0 Å². The van der Waals surface area contributed by atoms with Crippen LogP contribution in [-0.4, -0.2) is 68.9 Å². The summed E-state index contributed by atoms with van der Waals surface area (Å²) < 4.78 is 27.3. The number of rotatable bonds is 3. The number of aromatic nitrogens is 3. The summed E-state index contributed by atoms with van der Waals surface area (Å²) in [6.45, 7) is 10.5. The van der Waals surface area contributed by atoms with E-state index >= 15 is 4.39 Å². The first kappa shape index (κ1) is 25.7. The summed E-state index contributed by atoms with van der Waals surface area (Å²) in [4.78, 5) is 25.5. The molecule has 2 aromatic heterocycles. The van der Waals surface area contributed by atoms with Crippen molar-refractivity contribution in [2.75, 3.05) is 31.1 Å². The van der Waals surface area contributed by atoms with Gasteiger partial charge in [0.05, 0.1) is 18.0 Å². The van der Waals surface area contributed by atoms with Crippen molar-refractivity contribution in [1.82, 2.24) is 20.0 Å². The molecule has 2 fully saturated rings. The molecule has 3 aromatic rings. The Kier molecular flexibility index (Phi) is 6.13. The Morgan fingerprint density at radius 2 is 1.95 bits per heavy atom. The fraction of sp³-hybridized carbons (Fsp3) is 0.517. The molecule has 0 saturated carbocycles. The number of nitrogens with zero attached hydrogens (tertiary/aromatic N) is 5. The molecule has 0 bridgehead atoms. The zero-order valence-corrected chi connectivity index (χ0v) is 22.8. The molecule has 206 valence electrons. The summed E-state index contributed by atoms with van der Waals surface area (Å²) in [5.41, 5.74) is 1.57. The number of piperidine rings is 1. The summed E-state index contributed by atoms with van der Waals surface area (Å²) in [6, 6.07) is 6.94. The molecule has 3 aliphatic rings. The van der Waals surface area contributed by atoms with Gasteiger partial charge in [0.1, 0.15) is 17.2 Å². The molecule has 1 N–H and O–H groups in total. The van der Waals surface area contributed by atoms with Crippen LogP contribution >= 0.6 is 0 Å². The Bertz CT molecular complexity index is 1410. The lowest BCUT2D eigenvalue weighted by molar-refractivity contribution is 0.0453. The highest BCUT2D eigenvalue weighted by atomic mass is 19.1. The number of aliphatic hydroxyl groups excluding tert-OH is 1. The van der Waals surface area contributed by atoms with Gasteiger partial charge in [0, 0.05) is 67.0 Å². The molecule has 1 unspecified atom stereocenters. The number of hydrogen-bond acceptors (Lipinski definition) is 8. The normalized spacial score (nSPS) is 22.3. The third-order valence-electron chi connectivity index (χ3n) is 8.38. The maximum atomic E-state index is 15.2. The number of carbonyl (C=O) groups is 1. The largest absolute Gasteiger partial charge is 0.485 e. The molecule has 9 nitrogen and oxygen atoms in total. The van der Waals surface area contributed by atoms with Crippen molar-refractivity contribution in [3.63, 3.8) is 0 Å². The zero-order valence-electron chi connectivity index (χ0n) is 22.8. The number of benzene rings is 1. The Labute approximate surface area is 227 Å². The molecule has 5 heterocycles. The number of anilines is 1. The second kappa shape index (κ2) is 9.29. The number of ether oxygens (including phenoxy) is 1. The summed E-state index contributed by atoms with van der Waals surface area (Å²) in [5, 5.41) is 13.9. The lowest BCUT2D eigenvalue weighted by Gasteiger charge is -2.40. The van der Waals surface area contributed by atoms with Crippen LogP contribution in [-0.2, 0) is 5.41 Å². The van der Waals surface area contributed by atoms with Gasteiger partial charge in [-0.25, -0.2) is 4.39 Å². The second-order valence-corrected chi connectivity index (χ2v) is 12.0. The van der Waals surface area contributed by atoms with Crippen molar-refractivity contribution in [1.29, 1.82) is 0 Å². The molecule has 1 amide bonds. The van der Waals surface area contributed by atoms with Crippen molar-refractivity contribution >= 4 is 11.9 Å². The number of β-amino-alcohol motifs (C(OH)–C–C–N with tert-alkyl or cyclic N) is 1. The van der Waals surface area contributed by atoms with Crippen LogP contribution in [0.15, 0.2) is 35.0 Å². The molecule has 0 radical (unpaired) electrons. The first-order valence-corrected chi connectivity index (χ1v) is 13.6. The number of pyridine rings is 1. The first-order chi connectivity index (χ1) is 18.5. The van der Waals surface area contributed by atoms with E-state index in [0.29, 0.717) is 36.1 Å². The average Bonchev–Trinajstić information content (AvgIpc) is 3.63. The van der Waals surface area contributed by atoms with E-state index in [2.05, 4.69) is 47.7 Å². The summed E-state index contributed by atoms with van der Waals surface area (Å²) in [5.74, 6) is 0.733. The molecule has 1 aromatic carbocycles. The van der Waals surface area contributed by atoms with Gasteiger partial charge in [-0.15, -0.1) is 0 Å². The van der Waals surface area contributed by atoms with Crippen molar-refractivity contribution in [2.24, 2.45) is 0 Å². The van der Waals surface area contributed by atoms with Crippen LogP contribution in [0.25, 0.3) is 11.3 Å². The third-order valence-corrected chi connectivity index (χ3v) is 8.38. The molecular weight excluding hydrogens is 501 g/mol. The van der Waals surface area contributed by atoms with Gasteiger partial charge in [0.25, 0.3) is 5.91 Å². The molecule has 39 heavy (non-hydrogen) atoms. The van der Waals surface area contributed by atoms with Crippen LogP contribution in [0.5, 0.6) is 5.75 Å². The lowest BCUT2D eigenvalue weighted by atomic mass is 9.78. The van der Waals surface area contributed by atoms with Gasteiger partial charge in [-0.1, -0.05) is 32.9 Å². The quantitative estimate of drug-likeness (QED) is 0.529. The molecule has 6 rings (SSSR count). The topological polar surface area (TPSA) is 105 Å². The number of carbonyl (C=O) groups excluding carboxylic acids is 1. The van der Waals surface area contributed by atoms with E-state index in [1.165, 1.54) is 6.07 Å². The highest BCUT2D eigenvalue weighted by Gasteiger charge is 2.48. The summed E-state index contributed by atoms with van der Waals surface area (Å²) in [6.07, 6.45) is 3.26. The molecule has 0 aliphatic carbocycles. The van der Waals surface area contributed by atoms with E-state index in [0.717, 1.165) is 37.2 Å². The fourth-order valence-corrected chi connectivity index (χ4v) is 5.84. The SMILES string of the molecule is CC1c2cc(-c3ccc(C(=O)N4CC[C@@H](O)C4)cc3F)ncc2OC12CCN(c1nc(C(C)(C)C)no1)CC2. The number of halogens is 1. The monoisotopic (exact) mass is 535 g/mol. The summed E-state index contributed by atoms with van der Waals surface area (Å²) in [7, 11) is 0. The van der Waals surface area contributed by atoms with E-state index in [9.17, 15) is 9.90 Å². The third kappa shape index (κ3) is 4.54. The Morgan fingerprint density at radius 1 is 1.18 bits per heavy atom. The van der Waals surface area contributed by atoms with Gasteiger partial charge >= 0.3 is 6.01 Å². The van der Waals surface area contributed by atoms with Crippen molar-refractivity contribution in [2.45, 2.75) is 70.0 Å². The number of aliphatic hydroxyl groups is 1. The van der Waals surface area contributed by atoms with Crippen molar-refractivity contribution in [3.8, 4) is 17.0 Å². The van der Waals surface area contributed by atoms with E-state index < -0.39 is 11.9 Å². The van der Waals surface area contributed by atoms with Crippen LogP contribution in [0, 0.1) is 5.82 Å². The summed E-state index contributed by atoms with van der Waals surface area (Å²) >= 11 is 0. The van der Waals surface area contributed by atoms with Gasteiger partial charge in [0.15, 0.2) is 5.82 Å². The number of likely N-dealkylation sites (tertiary alicyclic amines) is 1. The zero-order chi connectivity index (χ0) is 27.5. The molecular formula is C29H34FN5O4.